The summed E-state index contributed by atoms with van der Waals surface area (Å²) in [5.41, 5.74) is 1.88. The van der Waals surface area contributed by atoms with Crippen LogP contribution in [0.15, 0.2) is 29.0 Å². The number of aromatic nitrogens is 1. The molecule has 4 fully saturated rings. The molecular weight excluding hydrogens is 445 g/mol. The van der Waals surface area contributed by atoms with E-state index in [9.17, 15) is 9.18 Å². The molecule has 34 heavy (non-hydrogen) atoms. The second kappa shape index (κ2) is 7.32. The van der Waals surface area contributed by atoms with E-state index in [2.05, 4.69) is 10.1 Å². The molecule has 1 aromatic carbocycles. The molecule has 7 rings (SSSR count). The van der Waals surface area contributed by atoms with Gasteiger partial charge < -0.3 is 28.4 Å². The molecule has 0 N–H and O–H groups in total. The highest BCUT2D eigenvalue weighted by molar-refractivity contribution is 5.96. The summed E-state index contributed by atoms with van der Waals surface area (Å²) in [6.07, 6.45) is 4.01. The number of hydrogen-bond acceptors (Lipinski definition) is 8. The summed E-state index contributed by atoms with van der Waals surface area (Å²) in [5.74, 6) is 0.207. The zero-order valence-electron chi connectivity index (χ0n) is 18.8. The Morgan fingerprint density at radius 3 is 2.82 bits per heavy atom. The molecule has 9 nitrogen and oxygen atoms in total. The van der Waals surface area contributed by atoms with Crippen molar-refractivity contribution in [3.05, 3.63) is 35.8 Å². The van der Waals surface area contributed by atoms with Crippen molar-refractivity contribution in [2.24, 2.45) is 17.8 Å². The molecule has 0 bridgehead atoms. The van der Waals surface area contributed by atoms with Crippen LogP contribution in [0, 0.1) is 23.6 Å². The maximum Gasteiger partial charge on any atom is 0.418 e. The van der Waals surface area contributed by atoms with Crippen LogP contribution < -0.4 is 14.5 Å². The molecule has 1 spiro atoms. The van der Waals surface area contributed by atoms with Crippen molar-refractivity contribution in [1.82, 2.24) is 5.16 Å². The first-order valence-electron chi connectivity index (χ1n) is 12.0. The lowest BCUT2D eigenvalue weighted by molar-refractivity contribution is -0.170. The first-order chi connectivity index (χ1) is 16.5. The van der Waals surface area contributed by atoms with Crippen molar-refractivity contribution in [2.75, 3.05) is 36.1 Å². The predicted molar refractivity (Wildman–Crippen MR) is 116 cm³/mol. The Hall–Kier alpha value is -2.85. The molecule has 0 radical (unpaired) electrons. The Morgan fingerprint density at radius 2 is 2.06 bits per heavy atom. The van der Waals surface area contributed by atoms with Gasteiger partial charge in [0.1, 0.15) is 23.7 Å². The van der Waals surface area contributed by atoms with E-state index in [1.165, 1.54) is 23.3 Å². The number of hydrogen-bond donors (Lipinski definition) is 0. The summed E-state index contributed by atoms with van der Waals surface area (Å²) < 4.78 is 42.3. The van der Waals surface area contributed by atoms with Gasteiger partial charge in [0, 0.05) is 19.7 Å². The van der Waals surface area contributed by atoms with E-state index in [-0.39, 0.29) is 6.29 Å². The molecular formula is C24H26FN3O6. The van der Waals surface area contributed by atoms with Gasteiger partial charge in [-0.05, 0) is 67.3 Å². The van der Waals surface area contributed by atoms with Crippen molar-refractivity contribution in [3.8, 4) is 5.88 Å². The molecule has 1 aromatic heterocycles. The third kappa shape index (κ3) is 2.91. The van der Waals surface area contributed by atoms with Crippen LogP contribution in [0.2, 0.25) is 0 Å². The van der Waals surface area contributed by atoms with Gasteiger partial charge in [0.05, 0.1) is 18.0 Å². The van der Waals surface area contributed by atoms with Crippen LogP contribution in [0.1, 0.15) is 31.7 Å². The van der Waals surface area contributed by atoms with E-state index in [1.807, 2.05) is 6.92 Å². The maximum atomic E-state index is 14.4. The molecule has 2 aromatic rings. The summed E-state index contributed by atoms with van der Waals surface area (Å²) in [5, 5.41) is 3.75. The standard InChI is InChI=1S/C24H26FN3O6/c1-13-24(18-12-32-26-22(18)33-24)34-23(29)28(13)20-8-14(25)5-6-19(20)27-9-15-16(10-27)17(15)11-31-21-4-2-3-7-30-21/h5-6,8,12-13,15-17,21H,2-4,7,9-11H2,1H3/t13-,15+,16?,17?,21?,24+/m1/s1. The number of benzene rings is 1. The summed E-state index contributed by atoms with van der Waals surface area (Å²) in [7, 11) is 0. The fourth-order valence-corrected chi connectivity index (χ4v) is 6.08. The molecule has 3 unspecified atom stereocenters. The Bertz CT molecular complexity index is 1120. The first kappa shape index (κ1) is 20.5. The lowest BCUT2D eigenvalue weighted by Gasteiger charge is -2.37. The fourth-order valence-electron chi connectivity index (χ4n) is 6.08. The van der Waals surface area contributed by atoms with Crippen molar-refractivity contribution >= 4 is 17.5 Å². The van der Waals surface area contributed by atoms with Crippen LogP contribution in [0.3, 0.4) is 0 Å². The van der Waals surface area contributed by atoms with Crippen LogP contribution in [0.5, 0.6) is 5.88 Å². The lowest BCUT2D eigenvalue weighted by atomic mass is 9.97. The quantitative estimate of drug-likeness (QED) is 0.654. The minimum absolute atomic E-state index is 0.0652. The number of rotatable bonds is 5. The van der Waals surface area contributed by atoms with E-state index >= 15 is 0 Å². The van der Waals surface area contributed by atoms with Gasteiger partial charge in [-0.2, -0.15) is 0 Å². The van der Waals surface area contributed by atoms with Crippen molar-refractivity contribution < 1.29 is 32.7 Å². The molecule has 1 aliphatic carbocycles. The van der Waals surface area contributed by atoms with Crippen molar-refractivity contribution in [2.45, 2.75) is 44.3 Å². The fraction of sp³-hybridized carbons (Fsp3) is 0.583. The zero-order valence-corrected chi connectivity index (χ0v) is 18.8. The number of ether oxygens (including phenoxy) is 4. The topological polar surface area (TPSA) is 86.5 Å². The number of carbonyl (C=O) groups excluding carboxylic acids is 1. The predicted octanol–water partition coefficient (Wildman–Crippen LogP) is 3.63. The minimum atomic E-state index is -1.28. The largest absolute Gasteiger partial charge is 0.425 e. The van der Waals surface area contributed by atoms with Crippen LogP contribution in [-0.2, 0) is 20.0 Å². The van der Waals surface area contributed by atoms with E-state index in [0.717, 1.165) is 51.3 Å². The molecule has 5 aliphatic rings. The van der Waals surface area contributed by atoms with Crippen molar-refractivity contribution in [3.63, 3.8) is 0 Å². The maximum absolute atomic E-state index is 14.4. The SMILES string of the molecule is C[C@H]1N(c2cc(F)ccc2N2CC3C(COC4CCCCO4)[C@H]3C2)C(=O)O[C@@]12Oc1nocc12. The van der Waals surface area contributed by atoms with Crippen LogP contribution >= 0.6 is 0 Å². The van der Waals surface area contributed by atoms with Gasteiger partial charge in [0.25, 0.3) is 5.88 Å². The smallest absolute Gasteiger partial charge is 0.418 e. The normalized spacial score (nSPS) is 35.6. The van der Waals surface area contributed by atoms with Gasteiger partial charge in [-0.25, -0.2) is 9.18 Å². The Labute approximate surface area is 195 Å². The van der Waals surface area contributed by atoms with E-state index < -0.39 is 23.7 Å². The number of carbonyl (C=O) groups is 1. The van der Waals surface area contributed by atoms with Gasteiger partial charge >= 0.3 is 11.9 Å². The Balaban J connectivity index is 1.08. The molecule has 1 amide bonds. The molecule has 4 aliphatic heterocycles. The lowest BCUT2D eigenvalue weighted by Crippen LogP contribution is -2.51. The van der Waals surface area contributed by atoms with Gasteiger partial charge in [0.2, 0.25) is 0 Å². The third-order valence-electron chi connectivity index (χ3n) is 8.05. The van der Waals surface area contributed by atoms with Gasteiger partial charge in [-0.1, -0.05) is 0 Å². The van der Waals surface area contributed by atoms with Crippen LogP contribution in [0.25, 0.3) is 0 Å². The van der Waals surface area contributed by atoms with Gasteiger partial charge in [-0.15, -0.1) is 0 Å². The average Bonchev–Trinajstić information content (AvgIpc) is 3.14. The molecule has 6 atom stereocenters. The number of amides is 1. The molecule has 5 heterocycles. The summed E-state index contributed by atoms with van der Waals surface area (Å²) >= 11 is 0. The molecule has 180 valence electrons. The van der Waals surface area contributed by atoms with Gasteiger partial charge in [-0.3, -0.25) is 4.90 Å². The molecule has 10 heteroatoms. The van der Waals surface area contributed by atoms with Crippen LogP contribution in [-0.4, -0.2) is 49.9 Å². The summed E-state index contributed by atoms with van der Waals surface area (Å²) in [4.78, 5) is 16.7. The molecule has 1 saturated carbocycles. The van der Waals surface area contributed by atoms with E-state index in [4.69, 9.17) is 23.5 Å². The average molecular weight is 471 g/mol. The van der Waals surface area contributed by atoms with E-state index in [1.54, 1.807) is 6.07 Å². The van der Waals surface area contributed by atoms with E-state index in [0.29, 0.717) is 34.9 Å². The monoisotopic (exact) mass is 471 g/mol. The second-order valence-corrected chi connectivity index (χ2v) is 9.88. The zero-order chi connectivity index (χ0) is 23.0. The second-order valence-electron chi connectivity index (χ2n) is 9.88. The molecule has 3 saturated heterocycles. The highest BCUT2D eigenvalue weighted by Gasteiger charge is 2.65. The number of halogens is 1. The Kier molecular flexibility index (Phi) is 4.42. The number of fused-ring (bicyclic) bond motifs is 3. The number of nitrogens with zero attached hydrogens (tertiary/aromatic N) is 3. The third-order valence-corrected chi connectivity index (χ3v) is 8.05. The number of anilines is 2. The van der Waals surface area contributed by atoms with Gasteiger partial charge in [0.15, 0.2) is 6.29 Å². The van der Waals surface area contributed by atoms with Crippen molar-refractivity contribution in [1.29, 1.82) is 0 Å². The first-order valence-corrected chi connectivity index (χ1v) is 12.0. The Morgan fingerprint density at radius 1 is 1.21 bits per heavy atom. The van der Waals surface area contributed by atoms with Crippen LogP contribution in [0.4, 0.5) is 20.6 Å². The number of piperidine rings is 1. The highest BCUT2D eigenvalue weighted by atomic mass is 19.1. The summed E-state index contributed by atoms with van der Waals surface area (Å²) in [6.45, 7) is 5.01. The highest BCUT2D eigenvalue weighted by Crippen LogP contribution is 2.56. The summed E-state index contributed by atoms with van der Waals surface area (Å²) in [6, 6.07) is 4.04. The minimum Gasteiger partial charge on any atom is -0.425 e.